The van der Waals surface area contributed by atoms with Crippen molar-refractivity contribution in [3.63, 3.8) is 0 Å². The molecule has 1 amide bonds. The molecule has 0 radical (unpaired) electrons. The van der Waals surface area contributed by atoms with Gasteiger partial charge in [-0.25, -0.2) is 4.39 Å². The van der Waals surface area contributed by atoms with Gasteiger partial charge in [0, 0.05) is 11.6 Å². The van der Waals surface area contributed by atoms with Gasteiger partial charge in [0.2, 0.25) is 11.8 Å². The highest BCUT2D eigenvalue weighted by Gasteiger charge is 2.21. The Morgan fingerprint density at radius 3 is 2.88 bits per heavy atom. The van der Waals surface area contributed by atoms with E-state index in [1.165, 1.54) is 49.2 Å². The van der Waals surface area contributed by atoms with Gasteiger partial charge < -0.3 is 9.73 Å². The van der Waals surface area contributed by atoms with Crippen LogP contribution in [0.4, 0.5) is 10.1 Å². The molecule has 0 saturated heterocycles. The van der Waals surface area contributed by atoms with E-state index < -0.39 is 5.82 Å². The summed E-state index contributed by atoms with van der Waals surface area (Å²) in [6.07, 6.45) is 5.81. The van der Waals surface area contributed by atoms with Gasteiger partial charge in [-0.05, 0) is 31.0 Å². The SMILES string of the molecule is O=C(CSc1nnc(C2CCCCC2)o1)Nc1ccc(F)c(Cl)c1. The van der Waals surface area contributed by atoms with E-state index in [1.54, 1.807) is 0 Å². The molecule has 1 N–H and O–H groups in total. The molecule has 0 aliphatic heterocycles. The summed E-state index contributed by atoms with van der Waals surface area (Å²) < 4.78 is 18.7. The number of nitrogens with zero attached hydrogens (tertiary/aromatic N) is 2. The number of thioether (sulfide) groups is 1. The smallest absolute Gasteiger partial charge is 0.277 e. The summed E-state index contributed by atoms with van der Waals surface area (Å²) in [7, 11) is 0. The summed E-state index contributed by atoms with van der Waals surface area (Å²) in [5, 5.41) is 11.1. The number of aromatic nitrogens is 2. The Labute approximate surface area is 148 Å². The normalized spacial score (nSPS) is 15.4. The maximum atomic E-state index is 13.1. The van der Waals surface area contributed by atoms with Gasteiger partial charge >= 0.3 is 0 Å². The third kappa shape index (κ3) is 4.48. The molecular formula is C16H17ClFN3O2S. The first kappa shape index (κ1) is 17.2. The molecular weight excluding hydrogens is 353 g/mol. The third-order valence-electron chi connectivity index (χ3n) is 3.91. The number of benzene rings is 1. The molecule has 0 unspecified atom stereocenters. The lowest BCUT2D eigenvalue weighted by Crippen LogP contribution is -2.14. The molecule has 1 fully saturated rings. The second-order valence-electron chi connectivity index (χ2n) is 5.71. The number of amides is 1. The van der Waals surface area contributed by atoms with Gasteiger partial charge in [0.15, 0.2) is 0 Å². The molecule has 128 valence electrons. The van der Waals surface area contributed by atoms with Crippen LogP contribution in [0.2, 0.25) is 5.02 Å². The second-order valence-corrected chi connectivity index (χ2v) is 7.04. The van der Waals surface area contributed by atoms with E-state index in [1.807, 2.05) is 0 Å². The third-order valence-corrected chi connectivity index (χ3v) is 5.01. The van der Waals surface area contributed by atoms with E-state index in [-0.39, 0.29) is 16.7 Å². The van der Waals surface area contributed by atoms with Gasteiger partial charge in [-0.2, -0.15) is 0 Å². The predicted octanol–water partition coefficient (Wildman–Crippen LogP) is 4.64. The molecule has 24 heavy (non-hydrogen) atoms. The summed E-state index contributed by atoms with van der Waals surface area (Å²) in [5.41, 5.74) is 0.445. The number of halogens is 2. The van der Waals surface area contributed by atoms with Crippen molar-refractivity contribution in [2.45, 2.75) is 43.2 Å². The number of hydrogen-bond acceptors (Lipinski definition) is 5. The number of nitrogens with one attached hydrogen (secondary N) is 1. The lowest BCUT2D eigenvalue weighted by atomic mass is 9.89. The van der Waals surface area contributed by atoms with Gasteiger partial charge in [0.25, 0.3) is 5.22 Å². The zero-order valence-corrected chi connectivity index (χ0v) is 14.5. The molecule has 1 heterocycles. The fourth-order valence-corrected chi connectivity index (χ4v) is 3.44. The van der Waals surface area contributed by atoms with Gasteiger partial charge in [-0.3, -0.25) is 4.79 Å². The highest BCUT2D eigenvalue weighted by atomic mass is 35.5. The molecule has 1 aromatic heterocycles. The molecule has 1 aliphatic carbocycles. The minimum atomic E-state index is -0.523. The summed E-state index contributed by atoms with van der Waals surface area (Å²) in [5.74, 6) is 0.366. The number of carbonyl (C=O) groups is 1. The van der Waals surface area contributed by atoms with Crippen molar-refractivity contribution in [2.24, 2.45) is 0 Å². The van der Waals surface area contributed by atoms with Crippen molar-refractivity contribution in [2.75, 3.05) is 11.1 Å². The Balaban J connectivity index is 1.50. The van der Waals surface area contributed by atoms with Crippen molar-refractivity contribution < 1.29 is 13.6 Å². The summed E-state index contributed by atoms with van der Waals surface area (Å²) in [6.45, 7) is 0. The van der Waals surface area contributed by atoms with E-state index in [0.717, 1.165) is 12.8 Å². The lowest BCUT2D eigenvalue weighted by Gasteiger charge is -2.17. The fraction of sp³-hybridized carbons (Fsp3) is 0.438. The average Bonchev–Trinajstić information content (AvgIpc) is 3.06. The van der Waals surface area contributed by atoms with Crippen molar-refractivity contribution in [1.82, 2.24) is 10.2 Å². The van der Waals surface area contributed by atoms with Crippen molar-refractivity contribution >= 4 is 35.0 Å². The summed E-state index contributed by atoms with van der Waals surface area (Å²) >= 11 is 6.86. The maximum absolute atomic E-state index is 13.1. The Bertz CT molecular complexity index is 719. The van der Waals surface area contributed by atoms with Crippen LogP contribution in [-0.2, 0) is 4.79 Å². The number of carbonyl (C=O) groups excluding carboxylic acids is 1. The van der Waals surface area contributed by atoms with Crippen LogP contribution < -0.4 is 5.32 Å². The van der Waals surface area contributed by atoms with E-state index in [9.17, 15) is 9.18 Å². The van der Waals surface area contributed by atoms with Crippen LogP contribution in [0.15, 0.2) is 27.8 Å². The minimum absolute atomic E-state index is 0.0329. The Kier molecular flexibility index (Phi) is 5.73. The monoisotopic (exact) mass is 369 g/mol. The maximum Gasteiger partial charge on any atom is 0.277 e. The van der Waals surface area contributed by atoms with Gasteiger partial charge in [-0.1, -0.05) is 42.6 Å². The van der Waals surface area contributed by atoms with Crippen LogP contribution >= 0.6 is 23.4 Å². The topological polar surface area (TPSA) is 68.0 Å². The number of hydrogen-bond donors (Lipinski definition) is 1. The first-order valence-corrected chi connectivity index (χ1v) is 9.19. The summed E-state index contributed by atoms with van der Waals surface area (Å²) in [4.78, 5) is 11.9. The average molecular weight is 370 g/mol. The molecule has 0 atom stereocenters. The second kappa shape index (κ2) is 7.98. The van der Waals surface area contributed by atoms with Crippen LogP contribution in [0.5, 0.6) is 0 Å². The Hall–Kier alpha value is -1.60. The van der Waals surface area contributed by atoms with Crippen LogP contribution in [0.25, 0.3) is 0 Å². The van der Waals surface area contributed by atoms with E-state index in [2.05, 4.69) is 15.5 Å². The van der Waals surface area contributed by atoms with E-state index >= 15 is 0 Å². The molecule has 1 aromatic carbocycles. The van der Waals surface area contributed by atoms with Crippen LogP contribution in [-0.4, -0.2) is 21.9 Å². The van der Waals surface area contributed by atoms with Gasteiger partial charge in [0.05, 0.1) is 10.8 Å². The van der Waals surface area contributed by atoms with Crippen molar-refractivity contribution in [3.05, 3.63) is 34.9 Å². The number of rotatable bonds is 5. The molecule has 5 nitrogen and oxygen atoms in total. The minimum Gasteiger partial charge on any atom is -0.416 e. The predicted molar refractivity (Wildman–Crippen MR) is 90.9 cm³/mol. The van der Waals surface area contributed by atoms with Crippen LogP contribution in [0.3, 0.4) is 0 Å². The van der Waals surface area contributed by atoms with Crippen molar-refractivity contribution in [1.29, 1.82) is 0 Å². The first-order chi connectivity index (χ1) is 11.6. The van der Waals surface area contributed by atoms with Crippen molar-refractivity contribution in [3.8, 4) is 0 Å². The highest BCUT2D eigenvalue weighted by Crippen LogP contribution is 2.32. The molecule has 8 heteroatoms. The molecule has 0 bridgehead atoms. The zero-order chi connectivity index (χ0) is 16.9. The fourth-order valence-electron chi connectivity index (χ4n) is 2.69. The summed E-state index contributed by atoms with van der Waals surface area (Å²) in [6, 6.07) is 4.03. The molecule has 3 rings (SSSR count). The number of anilines is 1. The van der Waals surface area contributed by atoms with E-state index in [0.29, 0.717) is 22.7 Å². The van der Waals surface area contributed by atoms with Crippen LogP contribution in [0.1, 0.15) is 43.9 Å². The Morgan fingerprint density at radius 1 is 1.33 bits per heavy atom. The lowest BCUT2D eigenvalue weighted by molar-refractivity contribution is -0.113. The first-order valence-electron chi connectivity index (χ1n) is 7.83. The molecule has 2 aromatic rings. The molecule has 0 spiro atoms. The Morgan fingerprint density at radius 2 is 2.12 bits per heavy atom. The molecule has 1 aliphatic rings. The quantitative estimate of drug-likeness (QED) is 0.777. The van der Waals surface area contributed by atoms with E-state index in [4.69, 9.17) is 16.0 Å². The molecule has 1 saturated carbocycles. The largest absolute Gasteiger partial charge is 0.416 e. The van der Waals surface area contributed by atoms with Gasteiger partial charge in [-0.15, -0.1) is 10.2 Å². The van der Waals surface area contributed by atoms with Crippen LogP contribution in [0, 0.1) is 5.82 Å². The van der Waals surface area contributed by atoms with Gasteiger partial charge in [0.1, 0.15) is 5.82 Å². The standard InChI is InChI=1S/C16H17ClFN3O2S/c17-12-8-11(6-7-13(12)18)19-14(22)9-24-16-21-20-15(23-16)10-4-2-1-3-5-10/h6-8,10H,1-5,9H2,(H,19,22). The zero-order valence-electron chi connectivity index (χ0n) is 12.9. The highest BCUT2D eigenvalue weighted by molar-refractivity contribution is 7.99.